The third kappa shape index (κ3) is 3.38. The zero-order chi connectivity index (χ0) is 20.5. The fraction of sp³-hybridized carbons (Fsp3) is 0.417. The minimum absolute atomic E-state index is 0.524. The highest BCUT2D eigenvalue weighted by Crippen LogP contribution is 2.44. The monoisotopic (exact) mass is 395 g/mol. The van der Waals surface area contributed by atoms with E-state index in [4.69, 9.17) is 14.2 Å². The van der Waals surface area contributed by atoms with Crippen LogP contribution in [-0.4, -0.2) is 44.4 Å². The van der Waals surface area contributed by atoms with Crippen molar-refractivity contribution in [3.05, 3.63) is 41.5 Å². The topological polar surface area (TPSA) is 51.2 Å². The van der Waals surface area contributed by atoms with Gasteiger partial charge in [0.15, 0.2) is 11.5 Å². The van der Waals surface area contributed by atoms with Crippen LogP contribution in [0.5, 0.6) is 17.2 Å². The Hall–Kier alpha value is -2.50. The number of fused-ring (bicyclic) bond motifs is 6. The van der Waals surface area contributed by atoms with E-state index in [1.54, 1.807) is 21.3 Å². The summed E-state index contributed by atoms with van der Waals surface area (Å²) in [5.74, 6) is 2.19. The molecule has 3 aromatic rings. The smallest absolute Gasteiger partial charge is 0.161 e. The normalized spacial score (nSPS) is 16.8. The first-order valence-electron chi connectivity index (χ1n) is 10.2. The molecule has 154 valence electrons. The molecule has 0 radical (unpaired) electrons. The number of benzene rings is 3. The van der Waals surface area contributed by atoms with Crippen molar-refractivity contribution in [1.29, 1.82) is 0 Å². The van der Waals surface area contributed by atoms with E-state index in [9.17, 15) is 5.11 Å². The summed E-state index contributed by atoms with van der Waals surface area (Å²) in [6.45, 7) is 4.66. The van der Waals surface area contributed by atoms with Crippen LogP contribution in [-0.2, 0) is 6.54 Å². The van der Waals surface area contributed by atoms with Crippen LogP contribution in [0.15, 0.2) is 30.3 Å². The number of ether oxygens (including phenoxy) is 3. The molecule has 0 saturated heterocycles. The molecule has 0 bridgehead atoms. The van der Waals surface area contributed by atoms with Gasteiger partial charge >= 0.3 is 0 Å². The summed E-state index contributed by atoms with van der Waals surface area (Å²) in [5, 5.41) is 15.4. The zero-order valence-corrected chi connectivity index (χ0v) is 17.6. The van der Waals surface area contributed by atoms with Crippen molar-refractivity contribution in [3.63, 3.8) is 0 Å². The Morgan fingerprint density at radius 1 is 0.931 bits per heavy atom. The van der Waals surface area contributed by atoms with Crippen LogP contribution in [0.2, 0.25) is 0 Å². The maximum atomic E-state index is 11.1. The van der Waals surface area contributed by atoms with E-state index in [0.29, 0.717) is 18.0 Å². The van der Waals surface area contributed by atoms with Crippen molar-refractivity contribution in [2.24, 2.45) is 0 Å². The molecule has 4 rings (SSSR count). The summed E-state index contributed by atoms with van der Waals surface area (Å²) >= 11 is 0. The maximum Gasteiger partial charge on any atom is 0.161 e. The summed E-state index contributed by atoms with van der Waals surface area (Å²) in [6, 6.07) is 10.1. The highest BCUT2D eigenvalue weighted by molar-refractivity contribution is 6.12. The average Bonchev–Trinajstić information content (AvgIpc) is 2.76. The van der Waals surface area contributed by atoms with Crippen LogP contribution in [0.1, 0.15) is 37.0 Å². The second-order valence-corrected chi connectivity index (χ2v) is 7.66. The summed E-state index contributed by atoms with van der Waals surface area (Å²) in [6.07, 6.45) is 1.74. The SMILES string of the molecule is CCCCN1Cc2c(c3ccc(OC)cc3c3cc(OC)c(OC)cc23)C(O)C1. The van der Waals surface area contributed by atoms with Crippen molar-refractivity contribution in [2.45, 2.75) is 32.4 Å². The lowest BCUT2D eigenvalue weighted by atomic mass is 9.86. The van der Waals surface area contributed by atoms with Gasteiger partial charge in [0.05, 0.1) is 27.4 Å². The van der Waals surface area contributed by atoms with E-state index < -0.39 is 6.10 Å². The van der Waals surface area contributed by atoms with Crippen molar-refractivity contribution < 1.29 is 19.3 Å². The molecule has 1 aliphatic heterocycles. The number of β-amino-alcohol motifs (C(OH)–C–C–N with tert-alkyl or cyclic N) is 1. The van der Waals surface area contributed by atoms with Crippen LogP contribution in [0.3, 0.4) is 0 Å². The molecular formula is C24H29NO4. The fourth-order valence-corrected chi connectivity index (χ4v) is 4.49. The molecule has 0 saturated carbocycles. The Morgan fingerprint density at radius 3 is 2.28 bits per heavy atom. The summed E-state index contributed by atoms with van der Waals surface area (Å²) < 4.78 is 16.6. The quantitative estimate of drug-likeness (QED) is 0.615. The second-order valence-electron chi connectivity index (χ2n) is 7.66. The van der Waals surface area contributed by atoms with Crippen LogP contribution >= 0.6 is 0 Å². The zero-order valence-electron chi connectivity index (χ0n) is 17.6. The Morgan fingerprint density at radius 2 is 1.62 bits per heavy atom. The Bertz CT molecular complexity index is 1050. The molecule has 5 nitrogen and oxygen atoms in total. The van der Waals surface area contributed by atoms with Gasteiger partial charge in [-0.05, 0) is 69.9 Å². The highest BCUT2D eigenvalue weighted by Gasteiger charge is 2.28. The minimum atomic E-state index is -0.524. The molecule has 1 atom stereocenters. The van der Waals surface area contributed by atoms with Crippen molar-refractivity contribution in [2.75, 3.05) is 34.4 Å². The molecule has 1 aliphatic rings. The molecule has 1 heterocycles. The molecule has 0 spiro atoms. The molecule has 0 amide bonds. The van der Waals surface area contributed by atoms with Gasteiger partial charge in [0.25, 0.3) is 0 Å². The van der Waals surface area contributed by atoms with E-state index in [1.165, 1.54) is 5.56 Å². The molecule has 1 unspecified atom stereocenters. The van der Waals surface area contributed by atoms with Gasteiger partial charge in [0, 0.05) is 13.1 Å². The molecule has 3 aromatic carbocycles. The molecule has 0 aromatic heterocycles. The van der Waals surface area contributed by atoms with Gasteiger partial charge in [0.1, 0.15) is 5.75 Å². The molecular weight excluding hydrogens is 366 g/mol. The number of rotatable bonds is 6. The van der Waals surface area contributed by atoms with Gasteiger partial charge in [-0.1, -0.05) is 19.4 Å². The maximum absolute atomic E-state index is 11.1. The number of unbranched alkanes of at least 4 members (excludes halogenated alkanes) is 1. The molecule has 5 heteroatoms. The van der Waals surface area contributed by atoms with Gasteiger partial charge < -0.3 is 19.3 Å². The Balaban J connectivity index is 2.04. The first kappa shape index (κ1) is 19.8. The highest BCUT2D eigenvalue weighted by atomic mass is 16.5. The second kappa shape index (κ2) is 8.09. The van der Waals surface area contributed by atoms with E-state index in [0.717, 1.165) is 58.8 Å². The lowest BCUT2D eigenvalue weighted by Gasteiger charge is -2.34. The largest absolute Gasteiger partial charge is 0.497 e. The van der Waals surface area contributed by atoms with Crippen LogP contribution < -0.4 is 14.2 Å². The number of hydrogen-bond donors (Lipinski definition) is 1. The molecule has 0 aliphatic carbocycles. The van der Waals surface area contributed by atoms with Gasteiger partial charge in [-0.2, -0.15) is 0 Å². The number of aliphatic hydroxyl groups is 1. The first-order chi connectivity index (χ1) is 14.1. The van der Waals surface area contributed by atoms with Gasteiger partial charge in [0.2, 0.25) is 0 Å². The van der Waals surface area contributed by atoms with Crippen LogP contribution in [0.4, 0.5) is 0 Å². The Kier molecular flexibility index (Phi) is 5.52. The standard InChI is InChI=1S/C24H29NO4/c1-5-6-9-25-13-20-19-12-23(29-4)22(28-3)11-18(19)17-10-15(27-2)7-8-16(17)24(20)21(26)14-25/h7-8,10-12,21,26H,5-6,9,13-14H2,1-4H3. The van der Waals surface area contributed by atoms with Crippen molar-refractivity contribution in [1.82, 2.24) is 4.90 Å². The van der Waals surface area contributed by atoms with Crippen molar-refractivity contribution >= 4 is 21.5 Å². The number of methoxy groups -OCH3 is 3. The number of hydrogen-bond acceptors (Lipinski definition) is 5. The van der Waals surface area contributed by atoms with E-state index in [1.807, 2.05) is 24.3 Å². The summed E-state index contributed by atoms with van der Waals surface area (Å²) in [5.41, 5.74) is 2.20. The van der Waals surface area contributed by atoms with Crippen LogP contribution in [0, 0.1) is 0 Å². The Labute approximate surface area is 171 Å². The lowest BCUT2D eigenvalue weighted by molar-refractivity contribution is 0.0935. The lowest BCUT2D eigenvalue weighted by Crippen LogP contribution is -2.34. The molecule has 1 N–H and O–H groups in total. The van der Waals surface area contributed by atoms with E-state index in [-0.39, 0.29) is 0 Å². The third-order valence-corrected chi connectivity index (χ3v) is 5.96. The summed E-state index contributed by atoms with van der Waals surface area (Å²) in [7, 11) is 4.98. The van der Waals surface area contributed by atoms with Crippen LogP contribution in [0.25, 0.3) is 21.5 Å². The van der Waals surface area contributed by atoms with Crippen molar-refractivity contribution in [3.8, 4) is 17.2 Å². The predicted molar refractivity (Wildman–Crippen MR) is 116 cm³/mol. The average molecular weight is 395 g/mol. The van der Waals surface area contributed by atoms with E-state index in [2.05, 4.69) is 17.9 Å². The molecule has 29 heavy (non-hydrogen) atoms. The summed E-state index contributed by atoms with van der Waals surface area (Å²) in [4.78, 5) is 2.35. The van der Waals surface area contributed by atoms with Gasteiger partial charge in [-0.25, -0.2) is 0 Å². The van der Waals surface area contributed by atoms with Gasteiger partial charge in [-0.3, -0.25) is 4.90 Å². The van der Waals surface area contributed by atoms with Gasteiger partial charge in [-0.15, -0.1) is 0 Å². The predicted octanol–water partition coefficient (Wildman–Crippen LogP) is 4.67. The minimum Gasteiger partial charge on any atom is -0.497 e. The van der Waals surface area contributed by atoms with E-state index >= 15 is 0 Å². The number of aliphatic hydroxyl groups excluding tert-OH is 1. The number of nitrogens with zero attached hydrogens (tertiary/aromatic N) is 1. The molecule has 0 fully saturated rings. The fourth-order valence-electron chi connectivity index (χ4n) is 4.49. The first-order valence-corrected chi connectivity index (χ1v) is 10.2. The third-order valence-electron chi connectivity index (χ3n) is 5.96.